The molecule has 0 radical (unpaired) electrons. The number of methoxy groups -OCH3 is 1. The van der Waals surface area contributed by atoms with Crippen LogP contribution in [0.1, 0.15) is 18.1 Å². The number of nitrogens with two attached hydrogens (primary N) is 1. The maximum atomic E-state index is 13.5. The van der Waals surface area contributed by atoms with Crippen molar-refractivity contribution in [1.29, 1.82) is 0 Å². The zero-order valence-electron chi connectivity index (χ0n) is 15.0. The molecule has 1 fully saturated rings. The molecule has 1 aromatic rings. The molecular formula is C17H25F3N4O2. The van der Waals surface area contributed by atoms with Crippen LogP contribution in [0.2, 0.25) is 0 Å². The summed E-state index contributed by atoms with van der Waals surface area (Å²) in [5.41, 5.74) is 5.66. The average Bonchev–Trinajstić information content (AvgIpc) is 2.60. The number of benzene rings is 1. The fourth-order valence-corrected chi connectivity index (χ4v) is 2.74. The summed E-state index contributed by atoms with van der Waals surface area (Å²) in [4.78, 5) is 5.91. The van der Waals surface area contributed by atoms with Gasteiger partial charge in [-0.05, 0) is 24.6 Å². The van der Waals surface area contributed by atoms with Crippen LogP contribution < -0.4 is 16.0 Å². The highest BCUT2D eigenvalue weighted by molar-refractivity contribution is 5.78. The molecule has 1 aliphatic rings. The topological polar surface area (TPSA) is 72.1 Å². The molecule has 1 aliphatic heterocycles. The summed E-state index contributed by atoms with van der Waals surface area (Å²) in [6.07, 6.45) is -4.46. The van der Waals surface area contributed by atoms with E-state index < -0.39 is 11.7 Å². The lowest BCUT2D eigenvalue weighted by atomic mass is 10.1. The predicted molar refractivity (Wildman–Crippen MR) is 94.3 cm³/mol. The Hall–Kier alpha value is -2.00. The Morgan fingerprint density at radius 3 is 2.69 bits per heavy atom. The van der Waals surface area contributed by atoms with E-state index in [0.717, 1.165) is 0 Å². The molecule has 9 heteroatoms. The molecule has 0 spiro atoms. The molecule has 0 amide bonds. The number of halogens is 3. The highest BCUT2D eigenvalue weighted by atomic mass is 19.4. The number of ether oxygens (including phenoxy) is 2. The van der Waals surface area contributed by atoms with Gasteiger partial charge in [-0.15, -0.1) is 0 Å². The van der Waals surface area contributed by atoms with Gasteiger partial charge in [-0.25, -0.2) is 4.99 Å². The summed E-state index contributed by atoms with van der Waals surface area (Å²) in [6, 6.07) is 4.23. The largest absolute Gasteiger partial charge is 0.416 e. The number of anilines is 1. The van der Waals surface area contributed by atoms with Gasteiger partial charge in [0.25, 0.3) is 0 Å². The Labute approximate surface area is 151 Å². The third-order valence-corrected chi connectivity index (χ3v) is 4.01. The number of guanidine groups is 1. The number of alkyl halides is 3. The van der Waals surface area contributed by atoms with Crippen molar-refractivity contribution in [2.45, 2.75) is 25.7 Å². The summed E-state index contributed by atoms with van der Waals surface area (Å²) in [7, 11) is 1.55. The van der Waals surface area contributed by atoms with Gasteiger partial charge in [0.1, 0.15) is 0 Å². The molecule has 1 unspecified atom stereocenters. The van der Waals surface area contributed by atoms with Crippen LogP contribution in [0.5, 0.6) is 0 Å². The van der Waals surface area contributed by atoms with E-state index in [-0.39, 0.29) is 24.1 Å². The molecule has 6 nitrogen and oxygen atoms in total. The second-order valence-corrected chi connectivity index (χ2v) is 6.14. The zero-order chi connectivity index (χ0) is 19.2. The maximum absolute atomic E-state index is 13.5. The van der Waals surface area contributed by atoms with Crippen LogP contribution in [0.25, 0.3) is 0 Å². The van der Waals surface area contributed by atoms with Crippen molar-refractivity contribution in [2.24, 2.45) is 10.7 Å². The van der Waals surface area contributed by atoms with Gasteiger partial charge in [-0.2, -0.15) is 13.2 Å². The molecule has 146 valence electrons. The molecule has 2 rings (SSSR count). The number of hydrogen-bond donors (Lipinski definition) is 2. The molecular weight excluding hydrogens is 349 g/mol. The smallest absolute Gasteiger partial charge is 0.383 e. The Kier molecular flexibility index (Phi) is 7.10. The van der Waals surface area contributed by atoms with Crippen molar-refractivity contribution in [3.8, 4) is 0 Å². The number of morpholine rings is 1. The lowest BCUT2D eigenvalue weighted by molar-refractivity contribution is -0.138. The minimum Gasteiger partial charge on any atom is -0.383 e. The number of hydrogen-bond acceptors (Lipinski definition) is 4. The summed E-state index contributed by atoms with van der Waals surface area (Å²) in [6.45, 7) is 4.26. The second-order valence-electron chi connectivity index (χ2n) is 6.14. The standard InChI is InChI=1S/C17H25F3N4O2/c1-12(11-25-2)23-16(21)22-10-13-3-4-14(9-15(13)17(18,19)20)24-5-7-26-8-6-24/h3-4,9,12H,5-8,10-11H2,1-2H3,(H3,21,22,23). The van der Waals surface area contributed by atoms with E-state index in [1.807, 2.05) is 11.8 Å². The van der Waals surface area contributed by atoms with Gasteiger partial charge >= 0.3 is 6.18 Å². The van der Waals surface area contributed by atoms with Crippen molar-refractivity contribution in [3.63, 3.8) is 0 Å². The fourth-order valence-electron chi connectivity index (χ4n) is 2.74. The van der Waals surface area contributed by atoms with Crippen LogP contribution in [0.15, 0.2) is 23.2 Å². The molecule has 0 aromatic heterocycles. The normalized spacial score (nSPS) is 17.3. The van der Waals surface area contributed by atoms with Crippen LogP contribution in [0, 0.1) is 0 Å². The van der Waals surface area contributed by atoms with Gasteiger partial charge in [-0.3, -0.25) is 0 Å². The molecule has 0 bridgehead atoms. The SMILES string of the molecule is COCC(C)NC(N)=NCc1ccc(N2CCOCC2)cc1C(F)(F)F. The second kappa shape index (κ2) is 9.09. The van der Waals surface area contributed by atoms with E-state index in [4.69, 9.17) is 15.2 Å². The van der Waals surface area contributed by atoms with E-state index in [1.54, 1.807) is 13.2 Å². The molecule has 1 aromatic carbocycles. The quantitative estimate of drug-likeness (QED) is 0.589. The highest BCUT2D eigenvalue weighted by Crippen LogP contribution is 2.35. The van der Waals surface area contributed by atoms with Crippen LogP contribution in [0.4, 0.5) is 18.9 Å². The minimum absolute atomic E-state index is 0.0821. The van der Waals surface area contributed by atoms with E-state index in [1.165, 1.54) is 12.1 Å². The molecule has 0 aliphatic carbocycles. The molecule has 3 N–H and O–H groups in total. The van der Waals surface area contributed by atoms with Crippen LogP contribution >= 0.6 is 0 Å². The van der Waals surface area contributed by atoms with Crippen molar-refractivity contribution in [2.75, 3.05) is 44.9 Å². The van der Waals surface area contributed by atoms with Gasteiger partial charge in [-0.1, -0.05) is 6.07 Å². The highest BCUT2D eigenvalue weighted by Gasteiger charge is 2.34. The minimum atomic E-state index is -4.46. The zero-order valence-corrected chi connectivity index (χ0v) is 15.0. The first kappa shape index (κ1) is 20.3. The van der Waals surface area contributed by atoms with Crippen LogP contribution in [-0.4, -0.2) is 52.0 Å². The first-order valence-electron chi connectivity index (χ1n) is 8.39. The van der Waals surface area contributed by atoms with Gasteiger partial charge in [0.05, 0.1) is 31.9 Å². The van der Waals surface area contributed by atoms with E-state index in [2.05, 4.69) is 10.3 Å². The Balaban J connectivity index is 2.16. The lowest BCUT2D eigenvalue weighted by Gasteiger charge is -2.29. The fraction of sp³-hybridized carbons (Fsp3) is 0.588. The number of rotatable bonds is 6. The molecule has 1 heterocycles. The van der Waals surface area contributed by atoms with E-state index >= 15 is 0 Å². The molecule has 1 atom stereocenters. The first-order chi connectivity index (χ1) is 12.3. The van der Waals surface area contributed by atoms with Crippen molar-refractivity contribution in [1.82, 2.24) is 5.32 Å². The molecule has 0 saturated carbocycles. The first-order valence-corrected chi connectivity index (χ1v) is 8.39. The summed E-state index contributed by atoms with van der Waals surface area (Å²) in [5.74, 6) is 0.0833. The van der Waals surface area contributed by atoms with Gasteiger partial charge in [0.15, 0.2) is 5.96 Å². The van der Waals surface area contributed by atoms with Crippen molar-refractivity contribution in [3.05, 3.63) is 29.3 Å². The third-order valence-electron chi connectivity index (χ3n) is 4.01. The predicted octanol–water partition coefficient (Wildman–Crippen LogP) is 1.98. The molecule has 26 heavy (non-hydrogen) atoms. The van der Waals surface area contributed by atoms with Crippen LogP contribution in [0.3, 0.4) is 0 Å². The Bertz CT molecular complexity index is 617. The third kappa shape index (κ3) is 5.77. The Morgan fingerprint density at radius 1 is 1.38 bits per heavy atom. The van der Waals surface area contributed by atoms with Crippen LogP contribution in [-0.2, 0) is 22.2 Å². The van der Waals surface area contributed by atoms with Gasteiger partial charge in [0, 0.05) is 31.9 Å². The van der Waals surface area contributed by atoms with Crippen molar-refractivity contribution < 1.29 is 22.6 Å². The molecule has 1 saturated heterocycles. The number of nitrogens with zero attached hydrogens (tertiary/aromatic N) is 2. The maximum Gasteiger partial charge on any atom is 0.416 e. The van der Waals surface area contributed by atoms with Crippen molar-refractivity contribution >= 4 is 11.6 Å². The van der Waals surface area contributed by atoms with Gasteiger partial charge < -0.3 is 25.4 Å². The van der Waals surface area contributed by atoms with Gasteiger partial charge in [0.2, 0.25) is 0 Å². The monoisotopic (exact) mass is 374 g/mol. The summed E-state index contributed by atoms with van der Waals surface area (Å²) < 4.78 is 50.6. The summed E-state index contributed by atoms with van der Waals surface area (Å²) >= 11 is 0. The lowest BCUT2D eigenvalue weighted by Crippen LogP contribution is -2.40. The van der Waals surface area contributed by atoms with E-state index in [9.17, 15) is 13.2 Å². The Morgan fingerprint density at radius 2 is 2.08 bits per heavy atom. The summed E-state index contributed by atoms with van der Waals surface area (Å²) in [5, 5.41) is 2.87. The number of nitrogens with one attached hydrogen (secondary N) is 1. The average molecular weight is 374 g/mol. The number of aliphatic imine (C=N–C) groups is 1. The van der Waals surface area contributed by atoms with E-state index in [0.29, 0.717) is 38.6 Å².